The Morgan fingerprint density at radius 3 is 1.68 bits per heavy atom. The van der Waals surface area contributed by atoms with Crippen LogP contribution >= 0.6 is 0 Å². The van der Waals surface area contributed by atoms with Gasteiger partial charge in [-0.2, -0.15) is 0 Å². The largest absolute Gasteiger partial charge is 0.378 e. The van der Waals surface area contributed by atoms with Gasteiger partial charge in [0.1, 0.15) is 0 Å². The monoisotopic (exact) mass is 261 g/mol. The molecule has 0 heterocycles. The Morgan fingerprint density at radius 1 is 0.895 bits per heavy atom. The molecule has 1 aromatic carbocycles. The normalized spacial score (nSPS) is 14.3. The van der Waals surface area contributed by atoms with E-state index in [2.05, 4.69) is 84.8 Å². The molecule has 0 saturated heterocycles. The molecule has 0 spiro atoms. The van der Waals surface area contributed by atoms with Crippen LogP contribution in [0.5, 0.6) is 0 Å². The number of rotatable bonds is 3. The van der Waals surface area contributed by atoms with Crippen LogP contribution in [0.2, 0.25) is 0 Å². The van der Waals surface area contributed by atoms with Crippen LogP contribution in [0.25, 0.3) is 0 Å². The highest BCUT2D eigenvalue weighted by Crippen LogP contribution is 2.43. The third-order valence-electron chi connectivity index (χ3n) is 3.67. The van der Waals surface area contributed by atoms with Gasteiger partial charge < -0.3 is 4.90 Å². The van der Waals surface area contributed by atoms with E-state index in [1.54, 1.807) is 0 Å². The maximum atomic E-state index is 2.35. The van der Waals surface area contributed by atoms with E-state index in [4.69, 9.17) is 0 Å². The molecule has 0 bridgehead atoms. The van der Waals surface area contributed by atoms with Crippen LogP contribution in [0.3, 0.4) is 0 Å². The Kier molecular flexibility index (Phi) is 4.71. The molecule has 108 valence electrons. The molecule has 0 fully saturated rings. The first-order chi connectivity index (χ1) is 8.50. The van der Waals surface area contributed by atoms with Crippen LogP contribution in [0.1, 0.15) is 59.4 Å². The van der Waals surface area contributed by atoms with E-state index in [9.17, 15) is 0 Å². The molecular formula is C18H31N. The zero-order valence-corrected chi connectivity index (χ0v) is 14.0. The predicted octanol–water partition coefficient (Wildman–Crippen LogP) is 5.32. The molecule has 0 amide bonds. The van der Waals surface area contributed by atoms with Crippen molar-refractivity contribution in [3.05, 3.63) is 29.8 Å². The van der Waals surface area contributed by atoms with Crippen LogP contribution < -0.4 is 4.90 Å². The molecule has 1 unspecified atom stereocenters. The zero-order valence-electron chi connectivity index (χ0n) is 14.0. The molecular weight excluding hydrogens is 230 g/mol. The summed E-state index contributed by atoms with van der Waals surface area (Å²) in [4.78, 5) is 2.15. The van der Waals surface area contributed by atoms with Crippen molar-refractivity contribution in [1.29, 1.82) is 0 Å². The summed E-state index contributed by atoms with van der Waals surface area (Å²) in [6, 6.07) is 9.07. The van der Waals surface area contributed by atoms with Gasteiger partial charge in [0.05, 0.1) is 0 Å². The van der Waals surface area contributed by atoms with Crippen molar-refractivity contribution in [3.8, 4) is 0 Å². The number of hydrogen-bond donors (Lipinski definition) is 0. The lowest BCUT2D eigenvalue weighted by Gasteiger charge is -2.36. The molecule has 1 atom stereocenters. The van der Waals surface area contributed by atoms with Crippen molar-refractivity contribution in [3.63, 3.8) is 0 Å². The second-order valence-electron chi connectivity index (χ2n) is 8.17. The predicted molar refractivity (Wildman–Crippen MR) is 87.0 cm³/mol. The Hall–Kier alpha value is -0.980. The summed E-state index contributed by atoms with van der Waals surface area (Å²) < 4.78 is 0. The first-order valence-electron chi connectivity index (χ1n) is 7.28. The molecule has 0 N–H and O–H groups in total. The number of anilines is 1. The standard InChI is InChI=1S/C18H31N/c1-17(2,3)13-16(18(4,5)6)14-9-11-15(12-10-14)19(7)8/h9-12,16H,13H2,1-8H3. The minimum Gasteiger partial charge on any atom is -0.378 e. The molecule has 0 saturated carbocycles. The molecule has 19 heavy (non-hydrogen) atoms. The molecule has 1 nitrogen and oxygen atoms in total. The third-order valence-corrected chi connectivity index (χ3v) is 3.67. The number of benzene rings is 1. The maximum Gasteiger partial charge on any atom is 0.0361 e. The van der Waals surface area contributed by atoms with Crippen LogP contribution in [-0.2, 0) is 0 Å². The van der Waals surface area contributed by atoms with Crippen LogP contribution in [-0.4, -0.2) is 14.1 Å². The molecule has 1 heteroatoms. The Labute approximate surface area is 120 Å². The quantitative estimate of drug-likeness (QED) is 0.712. The number of hydrogen-bond acceptors (Lipinski definition) is 1. The van der Waals surface area contributed by atoms with Crippen molar-refractivity contribution in [1.82, 2.24) is 0 Å². The molecule has 1 aromatic rings. The van der Waals surface area contributed by atoms with E-state index < -0.39 is 0 Å². The fourth-order valence-corrected chi connectivity index (χ4v) is 2.54. The lowest BCUT2D eigenvalue weighted by atomic mass is 9.69. The second-order valence-corrected chi connectivity index (χ2v) is 8.17. The summed E-state index contributed by atoms with van der Waals surface area (Å²) in [5.74, 6) is 0.601. The molecule has 1 rings (SSSR count). The van der Waals surface area contributed by atoms with Crippen molar-refractivity contribution in [2.75, 3.05) is 19.0 Å². The minimum atomic E-state index is 0.299. The van der Waals surface area contributed by atoms with E-state index in [1.165, 1.54) is 17.7 Å². The third kappa shape index (κ3) is 4.89. The van der Waals surface area contributed by atoms with Gasteiger partial charge >= 0.3 is 0 Å². The van der Waals surface area contributed by atoms with Crippen molar-refractivity contribution in [2.24, 2.45) is 10.8 Å². The van der Waals surface area contributed by atoms with Crippen molar-refractivity contribution >= 4 is 5.69 Å². The fraction of sp³-hybridized carbons (Fsp3) is 0.667. The van der Waals surface area contributed by atoms with Gasteiger partial charge in [-0.1, -0.05) is 53.7 Å². The van der Waals surface area contributed by atoms with Gasteiger partial charge in [0, 0.05) is 19.8 Å². The summed E-state index contributed by atoms with van der Waals surface area (Å²) in [6.45, 7) is 14.1. The average Bonchev–Trinajstić information content (AvgIpc) is 2.23. The van der Waals surface area contributed by atoms with Gasteiger partial charge in [0.15, 0.2) is 0 Å². The molecule has 0 aromatic heterocycles. The lowest BCUT2D eigenvalue weighted by molar-refractivity contribution is 0.229. The minimum absolute atomic E-state index is 0.299. The summed E-state index contributed by atoms with van der Waals surface area (Å²) in [7, 11) is 4.18. The fourth-order valence-electron chi connectivity index (χ4n) is 2.54. The molecule has 0 aliphatic carbocycles. The van der Waals surface area contributed by atoms with Gasteiger partial charge in [-0.15, -0.1) is 0 Å². The molecule has 0 aliphatic rings. The second kappa shape index (κ2) is 5.56. The summed E-state index contributed by atoms with van der Waals surface area (Å²) in [5.41, 5.74) is 3.39. The Morgan fingerprint density at radius 2 is 1.37 bits per heavy atom. The van der Waals surface area contributed by atoms with Crippen molar-refractivity contribution < 1.29 is 0 Å². The van der Waals surface area contributed by atoms with Crippen molar-refractivity contribution in [2.45, 2.75) is 53.9 Å². The van der Waals surface area contributed by atoms with Gasteiger partial charge in [-0.25, -0.2) is 0 Å². The first kappa shape index (κ1) is 16.1. The number of nitrogens with zero attached hydrogens (tertiary/aromatic N) is 1. The van der Waals surface area contributed by atoms with E-state index in [0.29, 0.717) is 16.7 Å². The van der Waals surface area contributed by atoms with E-state index in [1.807, 2.05) is 0 Å². The van der Waals surface area contributed by atoms with Crippen LogP contribution in [0, 0.1) is 10.8 Å². The summed E-state index contributed by atoms with van der Waals surface area (Å²) in [6.07, 6.45) is 1.22. The van der Waals surface area contributed by atoms with Crippen LogP contribution in [0.15, 0.2) is 24.3 Å². The lowest BCUT2D eigenvalue weighted by Crippen LogP contribution is -2.23. The van der Waals surface area contributed by atoms with E-state index in [0.717, 1.165) is 0 Å². The SMILES string of the molecule is CN(C)c1ccc(C(CC(C)(C)C)C(C)(C)C)cc1. The topological polar surface area (TPSA) is 3.24 Å². The Bertz CT molecular complexity index is 387. The smallest absolute Gasteiger partial charge is 0.0361 e. The highest BCUT2D eigenvalue weighted by Gasteiger charge is 2.30. The van der Waals surface area contributed by atoms with E-state index >= 15 is 0 Å². The average molecular weight is 261 g/mol. The van der Waals surface area contributed by atoms with Gasteiger partial charge in [0.25, 0.3) is 0 Å². The van der Waals surface area contributed by atoms with Gasteiger partial charge in [-0.05, 0) is 40.9 Å². The zero-order chi connectivity index (χ0) is 14.8. The highest BCUT2D eigenvalue weighted by atomic mass is 15.1. The molecule has 0 radical (unpaired) electrons. The van der Waals surface area contributed by atoms with Gasteiger partial charge in [-0.3, -0.25) is 0 Å². The first-order valence-corrected chi connectivity index (χ1v) is 7.28. The van der Waals surface area contributed by atoms with E-state index in [-0.39, 0.29) is 0 Å². The summed E-state index contributed by atoms with van der Waals surface area (Å²) in [5, 5.41) is 0. The Balaban J connectivity index is 3.05. The maximum absolute atomic E-state index is 2.35. The summed E-state index contributed by atoms with van der Waals surface area (Å²) >= 11 is 0. The molecule has 0 aliphatic heterocycles. The van der Waals surface area contributed by atoms with Gasteiger partial charge in [0.2, 0.25) is 0 Å². The van der Waals surface area contributed by atoms with Crippen LogP contribution in [0.4, 0.5) is 5.69 Å². The highest BCUT2D eigenvalue weighted by molar-refractivity contribution is 5.46.